The fourth-order valence-corrected chi connectivity index (χ4v) is 6.83. The zero-order valence-electron chi connectivity index (χ0n) is 33.0. The van der Waals surface area contributed by atoms with Gasteiger partial charge in [0, 0.05) is 12.5 Å². The van der Waals surface area contributed by atoms with Crippen molar-refractivity contribution in [3.63, 3.8) is 0 Å². The molecule has 2 saturated heterocycles. The van der Waals surface area contributed by atoms with Crippen molar-refractivity contribution in [3.8, 4) is 22.3 Å². The van der Waals surface area contributed by atoms with Crippen LogP contribution in [0.15, 0.2) is 121 Å². The molecule has 10 nitrogen and oxygen atoms in total. The van der Waals surface area contributed by atoms with Gasteiger partial charge in [-0.3, -0.25) is 9.59 Å². The Hall–Kier alpha value is -5.74. The molecular weight excluding hydrogens is 709 g/mol. The van der Waals surface area contributed by atoms with Crippen LogP contribution in [-0.2, 0) is 31.9 Å². The van der Waals surface area contributed by atoms with Gasteiger partial charge in [0.25, 0.3) is 5.91 Å². The molecule has 56 heavy (non-hydrogen) atoms. The number of benzene rings is 4. The van der Waals surface area contributed by atoms with Crippen LogP contribution in [0.2, 0.25) is 0 Å². The summed E-state index contributed by atoms with van der Waals surface area (Å²) in [4.78, 5) is 52.5. The molecule has 3 atom stereocenters. The van der Waals surface area contributed by atoms with Crippen LogP contribution in [0, 0.1) is 5.92 Å². The highest BCUT2D eigenvalue weighted by atomic mass is 16.6. The molecule has 2 aliphatic rings. The van der Waals surface area contributed by atoms with Gasteiger partial charge in [-0.1, -0.05) is 109 Å². The van der Waals surface area contributed by atoms with Crippen LogP contribution in [0.25, 0.3) is 22.3 Å². The molecule has 2 aliphatic heterocycles. The number of nitrogens with zero attached hydrogens (tertiary/aromatic N) is 2. The van der Waals surface area contributed by atoms with Crippen LogP contribution in [0.1, 0.15) is 65.5 Å². The number of aliphatic hydroxyl groups excluding tert-OH is 2. The summed E-state index contributed by atoms with van der Waals surface area (Å²) in [6.07, 6.45) is 1.25. The first-order valence-electron chi connectivity index (χ1n) is 18.9. The Labute approximate surface area is 329 Å². The van der Waals surface area contributed by atoms with Gasteiger partial charge in [-0.15, -0.1) is 0 Å². The zero-order valence-corrected chi connectivity index (χ0v) is 33.0. The van der Waals surface area contributed by atoms with Crippen molar-refractivity contribution in [1.82, 2.24) is 9.80 Å². The number of likely N-dealkylation sites (tertiary alicyclic amines) is 2. The fraction of sp³-hybridized carbons (Fsp3) is 0.348. The van der Waals surface area contributed by atoms with Gasteiger partial charge in [-0.2, -0.15) is 0 Å². The molecule has 2 N–H and O–H groups in total. The van der Waals surface area contributed by atoms with E-state index in [0.717, 1.165) is 44.5 Å². The number of hydrogen-bond donors (Lipinski definition) is 2. The summed E-state index contributed by atoms with van der Waals surface area (Å²) in [6.45, 7) is 10.3. The lowest BCUT2D eigenvalue weighted by molar-refractivity contribution is -0.132. The topological polar surface area (TPSA) is 134 Å². The summed E-state index contributed by atoms with van der Waals surface area (Å²) in [5.41, 5.74) is 5.36. The van der Waals surface area contributed by atoms with E-state index < -0.39 is 35.2 Å². The van der Waals surface area contributed by atoms with E-state index in [9.17, 15) is 29.4 Å². The predicted molar refractivity (Wildman–Crippen MR) is 215 cm³/mol. The van der Waals surface area contributed by atoms with E-state index in [2.05, 4.69) is 12.1 Å². The quantitative estimate of drug-likeness (QED) is 0.141. The maximum atomic E-state index is 12.6. The lowest BCUT2D eigenvalue weighted by atomic mass is 9.98. The van der Waals surface area contributed by atoms with Crippen molar-refractivity contribution in [2.75, 3.05) is 6.61 Å². The van der Waals surface area contributed by atoms with Gasteiger partial charge in [-0.05, 0) is 94.2 Å². The van der Waals surface area contributed by atoms with Crippen molar-refractivity contribution in [2.24, 2.45) is 5.92 Å². The van der Waals surface area contributed by atoms with Gasteiger partial charge >= 0.3 is 12.2 Å². The van der Waals surface area contributed by atoms with Gasteiger partial charge in [0.1, 0.15) is 11.2 Å². The molecule has 0 bridgehead atoms. The minimum Gasteiger partial charge on any atom is -0.515 e. The van der Waals surface area contributed by atoms with Gasteiger partial charge in [0.15, 0.2) is 0 Å². The van der Waals surface area contributed by atoms with Gasteiger partial charge in [-0.25, -0.2) is 19.4 Å². The Morgan fingerprint density at radius 2 is 1.05 bits per heavy atom. The minimum atomic E-state index is -0.703. The molecule has 0 aromatic heterocycles. The summed E-state index contributed by atoms with van der Waals surface area (Å²) in [7, 11) is 0. The number of ether oxygens (including phenoxy) is 2. The molecule has 4 aromatic rings. The van der Waals surface area contributed by atoms with Crippen LogP contribution >= 0.6 is 0 Å². The second kappa shape index (κ2) is 17.8. The SMILES string of the molecule is CC(C)(C)OC(=O)N1C(=O)C(=CO)C[C@H]1Cc1ccc(-c2ccccc2)cc1.CC(C)(C)OC(=O)N1C(=O)C(CO)C[C@H]1Cc1ccc(-c2ccccc2)cc1. The molecule has 0 saturated carbocycles. The molecular formula is C46H52N2O8. The molecule has 0 aliphatic carbocycles. The van der Waals surface area contributed by atoms with Crippen LogP contribution < -0.4 is 0 Å². The maximum Gasteiger partial charge on any atom is 0.417 e. The smallest absolute Gasteiger partial charge is 0.417 e. The molecule has 4 aromatic carbocycles. The molecule has 294 valence electrons. The fourth-order valence-electron chi connectivity index (χ4n) is 6.83. The normalized spacial score (nSPS) is 19.1. The van der Waals surface area contributed by atoms with E-state index >= 15 is 0 Å². The average molecular weight is 761 g/mol. The number of carbonyl (C=O) groups is 4. The third-order valence-corrected chi connectivity index (χ3v) is 9.44. The summed E-state index contributed by atoms with van der Waals surface area (Å²) in [5.74, 6) is -1.41. The van der Waals surface area contributed by atoms with E-state index in [0.29, 0.717) is 25.7 Å². The molecule has 2 heterocycles. The van der Waals surface area contributed by atoms with Crippen molar-refractivity contribution in [2.45, 2.75) is 90.5 Å². The van der Waals surface area contributed by atoms with Crippen LogP contribution in [0.5, 0.6) is 0 Å². The van der Waals surface area contributed by atoms with E-state index in [4.69, 9.17) is 9.47 Å². The first-order valence-corrected chi connectivity index (χ1v) is 18.9. The number of imide groups is 2. The van der Waals surface area contributed by atoms with Crippen molar-refractivity contribution < 1.29 is 38.9 Å². The summed E-state index contributed by atoms with van der Waals surface area (Å²) < 4.78 is 10.8. The summed E-state index contributed by atoms with van der Waals surface area (Å²) >= 11 is 0. The minimum absolute atomic E-state index is 0.219. The maximum absolute atomic E-state index is 12.6. The number of aliphatic hydroxyl groups is 2. The Balaban J connectivity index is 0.000000214. The molecule has 4 amide bonds. The standard InChI is InChI=1S/C23H27NO4.C23H25NO4/c2*1-23(2,3)28-22(27)24-20(14-19(15-25)21(24)26)13-16-9-11-18(12-10-16)17-7-5-4-6-8-17/h4-12,19-20,25H,13-15H2,1-3H3;4-12,15,20,25H,13-14H2,1-3H3/t19?,20-;20-/m11/s1. The molecule has 0 radical (unpaired) electrons. The van der Waals surface area contributed by atoms with E-state index in [-0.39, 0.29) is 30.2 Å². The van der Waals surface area contributed by atoms with E-state index in [1.807, 2.05) is 97.1 Å². The Kier molecular flexibility index (Phi) is 13.2. The monoisotopic (exact) mass is 760 g/mol. The second-order valence-corrected chi connectivity index (χ2v) is 16.2. The van der Waals surface area contributed by atoms with Crippen molar-refractivity contribution in [1.29, 1.82) is 0 Å². The molecule has 6 rings (SSSR count). The van der Waals surface area contributed by atoms with Crippen LogP contribution in [0.3, 0.4) is 0 Å². The largest absolute Gasteiger partial charge is 0.515 e. The highest BCUT2D eigenvalue weighted by Gasteiger charge is 2.45. The number of carbonyl (C=O) groups excluding carboxylic acids is 4. The highest BCUT2D eigenvalue weighted by Crippen LogP contribution is 2.31. The van der Waals surface area contributed by atoms with E-state index in [1.54, 1.807) is 41.5 Å². The second-order valence-electron chi connectivity index (χ2n) is 16.2. The molecule has 1 unspecified atom stereocenters. The third-order valence-electron chi connectivity index (χ3n) is 9.44. The third kappa shape index (κ3) is 10.7. The first-order chi connectivity index (χ1) is 26.6. The van der Waals surface area contributed by atoms with Crippen molar-refractivity contribution >= 4 is 24.0 Å². The highest BCUT2D eigenvalue weighted by molar-refractivity contribution is 6.05. The summed E-state index contributed by atoms with van der Waals surface area (Å²) in [5, 5.41) is 18.9. The zero-order chi connectivity index (χ0) is 40.6. The Morgan fingerprint density at radius 1 is 0.643 bits per heavy atom. The predicted octanol–water partition coefficient (Wildman–Crippen LogP) is 8.91. The summed E-state index contributed by atoms with van der Waals surface area (Å²) in [6, 6.07) is 35.7. The Morgan fingerprint density at radius 3 is 1.46 bits per heavy atom. The number of rotatable bonds is 7. The lowest BCUT2D eigenvalue weighted by Gasteiger charge is -2.27. The van der Waals surface area contributed by atoms with Gasteiger partial charge < -0.3 is 19.7 Å². The molecule has 2 fully saturated rings. The van der Waals surface area contributed by atoms with Gasteiger partial charge in [0.2, 0.25) is 5.91 Å². The van der Waals surface area contributed by atoms with Crippen LogP contribution in [0.4, 0.5) is 9.59 Å². The number of hydrogen-bond acceptors (Lipinski definition) is 8. The average Bonchev–Trinajstić information content (AvgIpc) is 3.65. The van der Waals surface area contributed by atoms with Crippen LogP contribution in [-0.4, -0.2) is 73.9 Å². The van der Waals surface area contributed by atoms with Crippen molar-refractivity contribution in [3.05, 3.63) is 132 Å². The number of amides is 4. The first kappa shape index (κ1) is 41.4. The van der Waals surface area contributed by atoms with Gasteiger partial charge in [0.05, 0.1) is 30.4 Å². The lowest BCUT2D eigenvalue weighted by Crippen LogP contribution is -2.43. The Bertz CT molecular complexity index is 2000. The molecule has 0 spiro atoms. The van der Waals surface area contributed by atoms with E-state index in [1.165, 1.54) is 4.90 Å². The molecule has 10 heteroatoms.